The van der Waals surface area contributed by atoms with Crippen LogP contribution in [0.15, 0.2) is 10.5 Å². The first-order chi connectivity index (χ1) is 11.3. The predicted octanol–water partition coefficient (Wildman–Crippen LogP) is 4.35. The van der Waals surface area contributed by atoms with E-state index in [1.54, 1.807) is 4.90 Å². The molecular weight excluding hydrogens is 368 g/mol. The molecule has 4 nitrogen and oxygen atoms in total. The van der Waals surface area contributed by atoms with Crippen LogP contribution in [-0.2, 0) is 11.8 Å². The summed E-state index contributed by atoms with van der Waals surface area (Å²) in [6.45, 7) is 9.17. The molecule has 1 fully saturated rings. The first-order valence-corrected chi connectivity index (χ1v) is 9.68. The molecule has 1 aromatic carbocycles. The summed E-state index contributed by atoms with van der Waals surface area (Å²) in [6, 6.07) is 2.78. The van der Waals surface area contributed by atoms with Gasteiger partial charge in [0.25, 0.3) is 0 Å². The van der Waals surface area contributed by atoms with Gasteiger partial charge < -0.3 is 14.9 Å². The quantitative estimate of drug-likeness (QED) is 0.713. The van der Waals surface area contributed by atoms with Crippen molar-refractivity contribution in [2.75, 3.05) is 24.5 Å². The van der Waals surface area contributed by atoms with Crippen LogP contribution in [0.3, 0.4) is 0 Å². The average molecular weight is 393 g/mol. The van der Waals surface area contributed by atoms with E-state index in [4.69, 9.17) is 0 Å². The predicted molar refractivity (Wildman–Crippen MR) is 99.3 cm³/mol. The van der Waals surface area contributed by atoms with E-state index in [-0.39, 0.29) is 5.41 Å². The highest BCUT2D eigenvalue weighted by Gasteiger charge is 2.47. The SMILES string of the molecule is CC(C)(C)c1c(Br)cc2c3c1[C@@H]1CN(C(=O)O)CC[C@@H]1N3CCC2. The van der Waals surface area contributed by atoms with Gasteiger partial charge in [-0.2, -0.15) is 0 Å². The number of carboxylic acid groups (broad SMARTS) is 1. The maximum Gasteiger partial charge on any atom is 0.407 e. The molecule has 0 radical (unpaired) electrons. The fourth-order valence-electron chi connectivity index (χ4n) is 5.02. The average Bonchev–Trinajstić information content (AvgIpc) is 2.82. The summed E-state index contributed by atoms with van der Waals surface area (Å²) in [5, 5.41) is 9.48. The van der Waals surface area contributed by atoms with Gasteiger partial charge in [-0.3, -0.25) is 0 Å². The smallest absolute Gasteiger partial charge is 0.407 e. The van der Waals surface area contributed by atoms with Crippen molar-refractivity contribution in [1.82, 2.24) is 4.90 Å². The summed E-state index contributed by atoms with van der Waals surface area (Å²) >= 11 is 3.83. The van der Waals surface area contributed by atoms with Gasteiger partial charge in [-0.05, 0) is 47.4 Å². The van der Waals surface area contributed by atoms with Gasteiger partial charge in [0.05, 0.1) is 0 Å². The van der Waals surface area contributed by atoms with Crippen molar-refractivity contribution in [3.8, 4) is 0 Å². The van der Waals surface area contributed by atoms with E-state index in [0.29, 0.717) is 25.0 Å². The van der Waals surface area contributed by atoms with Crippen molar-refractivity contribution in [1.29, 1.82) is 0 Å². The zero-order chi connectivity index (χ0) is 17.2. The lowest BCUT2D eigenvalue weighted by atomic mass is 9.77. The molecule has 2 atom stereocenters. The number of aryl methyl sites for hydroxylation is 1. The summed E-state index contributed by atoms with van der Waals surface area (Å²) in [5.74, 6) is 0.299. The number of amides is 1. The van der Waals surface area contributed by atoms with Crippen LogP contribution < -0.4 is 4.90 Å². The van der Waals surface area contributed by atoms with Gasteiger partial charge in [-0.1, -0.05) is 36.7 Å². The van der Waals surface area contributed by atoms with Crippen molar-refractivity contribution in [3.05, 3.63) is 27.2 Å². The lowest BCUT2D eigenvalue weighted by Gasteiger charge is -2.39. The first kappa shape index (κ1) is 16.2. The lowest BCUT2D eigenvalue weighted by molar-refractivity contribution is 0.126. The fraction of sp³-hybridized carbons (Fsp3) is 0.632. The van der Waals surface area contributed by atoms with Crippen molar-refractivity contribution < 1.29 is 9.90 Å². The van der Waals surface area contributed by atoms with E-state index in [0.717, 1.165) is 19.4 Å². The molecule has 0 aliphatic carbocycles. The van der Waals surface area contributed by atoms with Crippen molar-refractivity contribution >= 4 is 27.7 Å². The van der Waals surface area contributed by atoms with E-state index in [1.165, 1.54) is 33.3 Å². The third-order valence-electron chi connectivity index (χ3n) is 5.87. The molecular formula is C19H25BrN2O2. The topological polar surface area (TPSA) is 43.8 Å². The van der Waals surface area contributed by atoms with Crippen LogP contribution in [0.1, 0.15) is 56.2 Å². The minimum absolute atomic E-state index is 0.0344. The van der Waals surface area contributed by atoms with Crippen LogP contribution in [0.2, 0.25) is 0 Å². The summed E-state index contributed by atoms with van der Waals surface area (Å²) in [7, 11) is 0. The van der Waals surface area contributed by atoms with Crippen molar-refractivity contribution in [2.24, 2.45) is 0 Å². The monoisotopic (exact) mass is 392 g/mol. The van der Waals surface area contributed by atoms with Gasteiger partial charge in [0.15, 0.2) is 0 Å². The molecule has 0 aromatic heterocycles. The Morgan fingerprint density at radius 3 is 2.75 bits per heavy atom. The Balaban J connectivity index is 1.92. The highest BCUT2D eigenvalue weighted by atomic mass is 79.9. The normalized spacial score (nSPS) is 25.5. The molecule has 3 aliphatic heterocycles. The Morgan fingerprint density at radius 1 is 1.33 bits per heavy atom. The molecule has 3 heterocycles. The number of carbonyl (C=O) groups is 1. The molecule has 1 amide bonds. The number of anilines is 1. The number of fused-ring (bicyclic) bond motifs is 3. The Labute approximate surface area is 152 Å². The third kappa shape index (κ3) is 2.27. The highest BCUT2D eigenvalue weighted by Crippen LogP contribution is 2.53. The third-order valence-corrected chi connectivity index (χ3v) is 6.49. The second-order valence-electron chi connectivity index (χ2n) is 8.39. The number of hydrogen-bond acceptors (Lipinski definition) is 2. The van der Waals surface area contributed by atoms with Crippen LogP contribution in [-0.4, -0.2) is 41.8 Å². The molecule has 3 aliphatic rings. The Hall–Kier alpha value is -1.23. The van der Waals surface area contributed by atoms with Crippen molar-refractivity contribution in [3.63, 3.8) is 0 Å². The van der Waals surface area contributed by atoms with Crippen LogP contribution in [0, 0.1) is 0 Å². The van der Waals surface area contributed by atoms with Gasteiger partial charge in [0.2, 0.25) is 0 Å². The van der Waals surface area contributed by atoms with Crippen LogP contribution >= 0.6 is 15.9 Å². The first-order valence-electron chi connectivity index (χ1n) is 8.89. The molecule has 24 heavy (non-hydrogen) atoms. The van der Waals surface area contributed by atoms with Gasteiger partial charge in [-0.25, -0.2) is 4.79 Å². The maximum absolute atomic E-state index is 11.5. The van der Waals surface area contributed by atoms with E-state index in [9.17, 15) is 9.90 Å². The molecule has 1 N–H and O–H groups in total. The second-order valence-corrected chi connectivity index (χ2v) is 9.25. The van der Waals surface area contributed by atoms with Gasteiger partial charge in [0, 0.05) is 41.8 Å². The van der Waals surface area contributed by atoms with Crippen LogP contribution in [0.25, 0.3) is 0 Å². The van der Waals surface area contributed by atoms with E-state index >= 15 is 0 Å². The van der Waals surface area contributed by atoms with Gasteiger partial charge in [0.1, 0.15) is 0 Å². The molecule has 1 saturated heterocycles. The fourth-order valence-corrected chi connectivity index (χ4v) is 6.10. The summed E-state index contributed by atoms with van der Waals surface area (Å²) < 4.78 is 1.19. The van der Waals surface area contributed by atoms with Crippen LogP contribution in [0.5, 0.6) is 0 Å². The van der Waals surface area contributed by atoms with Gasteiger partial charge >= 0.3 is 6.09 Å². The number of likely N-dealkylation sites (tertiary alicyclic amines) is 1. The standard InChI is InChI=1S/C19H25BrN2O2/c1-19(2,3)16-13(20)9-11-5-4-7-22-14-6-8-21(18(23)24)10-12(14)15(16)17(11)22/h9,12,14H,4-8,10H2,1-3H3,(H,23,24)/t12-,14+/m1/s1. The molecule has 130 valence electrons. The Morgan fingerprint density at radius 2 is 2.08 bits per heavy atom. The highest BCUT2D eigenvalue weighted by molar-refractivity contribution is 9.10. The molecule has 0 spiro atoms. The second kappa shape index (κ2) is 5.38. The Kier molecular flexibility index (Phi) is 3.64. The number of nitrogens with zero attached hydrogens (tertiary/aromatic N) is 2. The summed E-state index contributed by atoms with van der Waals surface area (Å²) in [6.07, 6.45) is 2.48. The number of hydrogen-bond donors (Lipinski definition) is 1. The Bertz CT molecular complexity index is 710. The van der Waals surface area contributed by atoms with Gasteiger partial charge in [-0.15, -0.1) is 0 Å². The zero-order valence-electron chi connectivity index (χ0n) is 14.6. The molecule has 0 bridgehead atoms. The summed E-state index contributed by atoms with van der Waals surface area (Å²) in [4.78, 5) is 15.7. The number of halogens is 1. The molecule has 4 rings (SSSR count). The maximum atomic E-state index is 11.5. The largest absolute Gasteiger partial charge is 0.465 e. The van der Waals surface area contributed by atoms with E-state index in [1.807, 2.05) is 0 Å². The number of benzene rings is 1. The van der Waals surface area contributed by atoms with Crippen LogP contribution in [0.4, 0.5) is 10.5 Å². The molecule has 5 heteroatoms. The van der Waals surface area contributed by atoms with E-state index in [2.05, 4.69) is 47.7 Å². The zero-order valence-corrected chi connectivity index (χ0v) is 16.2. The van der Waals surface area contributed by atoms with Crippen molar-refractivity contribution in [2.45, 2.75) is 57.4 Å². The minimum atomic E-state index is -0.782. The summed E-state index contributed by atoms with van der Waals surface area (Å²) in [5.41, 5.74) is 5.69. The molecule has 1 aromatic rings. The molecule has 0 saturated carbocycles. The lowest BCUT2D eigenvalue weighted by Crippen LogP contribution is -2.48. The number of piperidine rings is 1. The minimum Gasteiger partial charge on any atom is -0.465 e. The number of rotatable bonds is 0. The van der Waals surface area contributed by atoms with E-state index < -0.39 is 6.09 Å². The molecule has 0 unspecified atom stereocenters.